The fraction of sp³-hybridized carbons (Fsp3) is 0.308. The molecule has 17 heavy (non-hydrogen) atoms. The maximum atomic E-state index is 6.13. The van der Waals surface area contributed by atoms with Gasteiger partial charge in [-0.3, -0.25) is 5.10 Å². The van der Waals surface area contributed by atoms with E-state index in [0.29, 0.717) is 0 Å². The molecule has 3 N–H and O–H groups in total. The van der Waals surface area contributed by atoms with Gasteiger partial charge >= 0.3 is 0 Å². The average molecular weight is 228 g/mol. The molecule has 0 unspecified atom stereocenters. The standard InChI is InChI=1S/C13H16N4/c14-11-9-10(12-5-6-15-16-12)3-4-13(11)17-7-1-2-8-17/h3-6,9H,1-2,7-8,14H2,(H,15,16). The molecule has 1 aliphatic rings. The van der Waals surface area contributed by atoms with E-state index in [2.05, 4.69) is 27.2 Å². The van der Waals surface area contributed by atoms with E-state index in [1.54, 1.807) is 6.20 Å². The van der Waals surface area contributed by atoms with E-state index in [1.807, 2.05) is 12.1 Å². The van der Waals surface area contributed by atoms with Crippen LogP contribution in [0.5, 0.6) is 0 Å². The van der Waals surface area contributed by atoms with Crippen LogP contribution in [0, 0.1) is 0 Å². The molecule has 0 radical (unpaired) electrons. The lowest BCUT2D eigenvalue weighted by Crippen LogP contribution is -2.18. The molecule has 3 rings (SSSR count). The number of aromatic amines is 1. The highest BCUT2D eigenvalue weighted by Crippen LogP contribution is 2.30. The minimum Gasteiger partial charge on any atom is -0.397 e. The zero-order valence-corrected chi connectivity index (χ0v) is 9.69. The fourth-order valence-corrected chi connectivity index (χ4v) is 2.38. The van der Waals surface area contributed by atoms with Gasteiger partial charge in [0.2, 0.25) is 0 Å². The molecule has 1 fully saturated rings. The summed E-state index contributed by atoms with van der Waals surface area (Å²) in [7, 11) is 0. The molecule has 88 valence electrons. The third-order valence-corrected chi connectivity index (χ3v) is 3.29. The van der Waals surface area contributed by atoms with Crippen molar-refractivity contribution in [2.24, 2.45) is 0 Å². The number of H-pyrrole nitrogens is 1. The van der Waals surface area contributed by atoms with Gasteiger partial charge < -0.3 is 10.6 Å². The topological polar surface area (TPSA) is 57.9 Å². The van der Waals surface area contributed by atoms with Crippen molar-refractivity contribution in [3.05, 3.63) is 30.5 Å². The molecule has 1 aromatic carbocycles. The zero-order valence-electron chi connectivity index (χ0n) is 9.69. The smallest absolute Gasteiger partial charge is 0.0650 e. The van der Waals surface area contributed by atoms with E-state index in [-0.39, 0.29) is 0 Å². The van der Waals surface area contributed by atoms with Gasteiger partial charge in [0.05, 0.1) is 17.1 Å². The highest BCUT2D eigenvalue weighted by Gasteiger charge is 2.15. The Labute approximate surface area is 100 Å². The third-order valence-electron chi connectivity index (χ3n) is 3.29. The molecule has 4 nitrogen and oxygen atoms in total. The predicted octanol–water partition coefficient (Wildman–Crippen LogP) is 2.26. The average Bonchev–Trinajstić information content (AvgIpc) is 3.02. The molecule has 0 atom stereocenters. The van der Waals surface area contributed by atoms with Crippen molar-refractivity contribution in [1.82, 2.24) is 10.2 Å². The van der Waals surface area contributed by atoms with Crippen LogP contribution in [0.25, 0.3) is 11.3 Å². The maximum Gasteiger partial charge on any atom is 0.0650 e. The van der Waals surface area contributed by atoms with Crippen molar-refractivity contribution in [3.63, 3.8) is 0 Å². The zero-order chi connectivity index (χ0) is 11.7. The number of benzene rings is 1. The highest BCUT2D eigenvalue weighted by atomic mass is 15.2. The van der Waals surface area contributed by atoms with Gasteiger partial charge in [-0.15, -0.1) is 0 Å². The summed E-state index contributed by atoms with van der Waals surface area (Å²) in [5.41, 5.74) is 10.2. The van der Waals surface area contributed by atoms with Gasteiger partial charge in [0.25, 0.3) is 0 Å². The number of anilines is 2. The fourth-order valence-electron chi connectivity index (χ4n) is 2.38. The summed E-state index contributed by atoms with van der Waals surface area (Å²) in [5.74, 6) is 0. The van der Waals surface area contributed by atoms with Crippen molar-refractivity contribution in [2.75, 3.05) is 23.7 Å². The van der Waals surface area contributed by atoms with Gasteiger partial charge in [0, 0.05) is 24.8 Å². The molecule has 0 saturated carbocycles. The summed E-state index contributed by atoms with van der Waals surface area (Å²) in [4.78, 5) is 2.35. The monoisotopic (exact) mass is 228 g/mol. The lowest BCUT2D eigenvalue weighted by Gasteiger charge is -2.20. The molecule has 0 amide bonds. The Morgan fingerprint density at radius 2 is 2.00 bits per heavy atom. The lowest BCUT2D eigenvalue weighted by atomic mass is 10.1. The molecule has 1 saturated heterocycles. The van der Waals surface area contributed by atoms with Crippen LogP contribution in [0.15, 0.2) is 30.5 Å². The number of hydrogen-bond acceptors (Lipinski definition) is 3. The Hall–Kier alpha value is -1.97. The van der Waals surface area contributed by atoms with Crippen LogP contribution in [0.2, 0.25) is 0 Å². The molecule has 2 heterocycles. The maximum absolute atomic E-state index is 6.13. The van der Waals surface area contributed by atoms with Gasteiger partial charge in [0.15, 0.2) is 0 Å². The van der Waals surface area contributed by atoms with Crippen LogP contribution in [0.1, 0.15) is 12.8 Å². The Balaban J connectivity index is 1.94. The minimum absolute atomic E-state index is 0.846. The summed E-state index contributed by atoms with van der Waals surface area (Å²) >= 11 is 0. The summed E-state index contributed by atoms with van der Waals surface area (Å²) in [6.45, 7) is 2.24. The van der Waals surface area contributed by atoms with Crippen LogP contribution in [0.4, 0.5) is 11.4 Å². The van der Waals surface area contributed by atoms with Gasteiger partial charge in [-0.05, 0) is 31.0 Å². The van der Waals surface area contributed by atoms with Crippen LogP contribution in [0.3, 0.4) is 0 Å². The van der Waals surface area contributed by atoms with Crippen LogP contribution < -0.4 is 10.6 Å². The van der Waals surface area contributed by atoms with Gasteiger partial charge in [-0.2, -0.15) is 5.10 Å². The summed E-state index contributed by atoms with van der Waals surface area (Å²) in [5, 5.41) is 6.90. The van der Waals surface area contributed by atoms with Crippen LogP contribution in [-0.2, 0) is 0 Å². The second-order valence-corrected chi connectivity index (χ2v) is 4.44. The number of nitrogen functional groups attached to an aromatic ring is 1. The van der Waals surface area contributed by atoms with Crippen molar-refractivity contribution in [1.29, 1.82) is 0 Å². The normalized spacial score (nSPS) is 15.4. The number of nitrogens with one attached hydrogen (secondary N) is 1. The first-order chi connectivity index (χ1) is 8.34. The van der Waals surface area contributed by atoms with Gasteiger partial charge in [0.1, 0.15) is 0 Å². The molecule has 1 aromatic heterocycles. The number of nitrogens with two attached hydrogens (primary N) is 1. The first-order valence-corrected chi connectivity index (χ1v) is 5.99. The van der Waals surface area contributed by atoms with E-state index in [1.165, 1.54) is 12.8 Å². The molecule has 0 aliphatic carbocycles. The van der Waals surface area contributed by atoms with Crippen molar-refractivity contribution >= 4 is 11.4 Å². The third kappa shape index (κ3) is 1.86. The van der Waals surface area contributed by atoms with Crippen LogP contribution in [-0.4, -0.2) is 23.3 Å². The summed E-state index contributed by atoms with van der Waals surface area (Å²) < 4.78 is 0. The van der Waals surface area contributed by atoms with E-state index in [4.69, 9.17) is 5.73 Å². The van der Waals surface area contributed by atoms with Crippen molar-refractivity contribution in [3.8, 4) is 11.3 Å². The number of nitrogens with zero attached hydrogens (tertiary/aromatic N) is 2. The molecule has 0 bridgehead atoms. The Bertz CT molecular complexity index is 498. The van der Waals surface area contributed by atoms with Crippen molar-refractivity contribution in [2.45, 2.75) is 12.8 Å². The van der Waals surface area contributed by atoms with Gasteiger partial charge in [-0.1, -0.05) is 6.07 Å². The minimum atomic E-state index is 0.846. The molecular formula is C13H16N4. The first kappa shape index (κ1) is 10.2. The van der Waals surface area contributed by atoms with Crippen molar-refractivity contribution < 1.29 is 0 Å². The molecular weight excluding hydrogens is 212 g/mol. The van der Waals surface area contributed by atoms with E-state index < -0.39 is 0 Å². The molecule has 4 heteroatoms. The molecule has 2 aromatic rings. The Morgan fingerprint density at radius 3 is 2.65 bits per heavy atom. The van der Waals surface area contributed by atoms with Crippen LogP contribution >= 0.6 is 0 Å². The number of aromatic nitrogens is 2. The summed E-state index contributed by atoms with van der Waals surface area (Å²) in [6.07, 6.45) is 4.28. The quantitative estimate of drug-likeness (QED) is 0.775. The van der Waals surface area contributed by atoms with Gasteiger partial charge in [-0.25, -0.2) is 0 Å². The SMILES string of the molecule is Nc1cc(-c2ccn[nH]2)ccc1N1CCCC1. The Morgan fingerprint density at radius 1 is 1.18 bits per heavy atom. The Kier molecular flexibility index (Phi) is 2.48. The lowest BCUT2D eigenvalue weighted by molar-refractivity contribution is 0.949. The highest BCUT2D eigenvalue weighted by molar-refractivity contribution is 5.75. The second kappa shape index (κ2) is 4.13. The molecule has 1 aliphatic heterocycles. The summed E-state index contributed by atoms with van der Waals surface area (Å²) in [6, 6.07) is 8.17. The number of rotatable bonds is 2. The van der Waals surface area contributed by atoms with E-state index in [9.17, 15) is 0 Å². The largest absolute Gasteiger partial charge is 0.397 e. The second-order valence-electron chi connectivity index (χ2n) is 4.44. The van der Waals surface area contributed by atoms with E-state index in [0.717, 1.165) is 35.7 Å². The van der Waals surface area contributed by atoms with E-state index >= 15 is 0 Å². The number of hydrogen-bond donors (Lipinski definition) is 2. The molecule has 0 spiro atoms. The predicted molar refractivity (Wildman–Crippen MR) is 69.9 cm³/mol. The first-order valence-electron chi connectivity index (χ1n) is 5.99.